The Bertz CT molecular complexity index is 683. The summed E-state index contributed by atoms with van der Waals surface area (Å²) in [6, 6.07) is 1.30. The lowest BCUT2D eigenvalue weighted by Gasteiger charge is -2.23. The van der Waals surface area contributed by atoms with E-state index in [0.717, 1.165) is 0 Å². The minimum absolute atomic E-state index is 0.0240. The number of pyridine rings is 1. The molecule has 0 saturated carbocycles. The number of ketones is 1. The van der Waals surface area contributed by atoms with E-state index < -0.39 is 47.8 Å². The molecule has 0 aromatic carbocycles. The van der Waals surface area contributed by atoms with Gasteiger partial charge < -0.3 is 19.9 Å². The molecule has 0 bridgehead atoms. The van der Waals surface area contributed by atoms with E-state index in [1.54, 1.807) is 27.7 Å². The minimum Gasteiger partial charge on any atom is -0.480 e. The number of amides is 1. The lowest BCUT2D eigenvalue weighted by atomic mass is 9.91. The molecular weight excluding hydrogens is 356 g/mol. The molecular formula is C18H24N2O7. The van der Waals surface area contributed by atoms with E-state index in [4.69, 9.17) is 9.47 Å². The highest BCUT2D eigenvalue weighted by molar-refractivity contribution is 6.08. The molecule has 2 N–H and O–H groups in total. The van der Waals surface area contributed by atoms with Crippen LogP contribution >= 0.6 is 0 Å². The zero-order chi connectivity index (χ0) is 20.6. The molecule has 1 aromatic heterocycles. The lowest BCUT2D eigenvalue weighted by Crippen LogP contribution is -2.46. The molecule has 1 aromatic rings. The number of aliphatic carboxylic acids is 1. The number of carbonyl (C=O) groups is 4. The zero-order valence-corrected chi connectivity index (χ0v) is 15.7. The molecule has 2 atom stereocenters. The van der Waals surface area contributed by atoms with E-state index in [2.05, 4.69) is 10.3 Å². The van der Waals surface area contributed by atoms with Crippen molar-refractivity contribution in [3.63, 3.8) is 0 Å². The third-order valence-electron chi connectivity index (χ3n) is 3.31. The maximum atomic E-state index is 12.7. The van der Waals surface area contributed by atoms with Crippen LogP contribution in [0.2, 0.25) is 0 Å². The second-order valence-corrected chi connectivity index (χ2v) is 6.68. The van der Waals surface area contributed by atoms with Crippen LogP contribution in [0, 0.1) is 5.92 Å². The van der Waals surface area contributed by atoms with Crippen molar-refractivity contribution >= 4 is 23.8 Å². The maximum absolute atomic E-state index is 12.7. The SMILES string of the molecule is CCOC(=O)C(C[C@H](NC(=O)OC(C)(C)C)C(=O)O)C(=O)c1ccncc1. The van der Waals surface area contributed by atoms with Crippen molar-refractivity contribution in [2.45, 2.75) is 45.8 Å². The molecule has 0 spiro atoms. The monoisotopic (exact) mass is 380 g/mol. The third kappa shape index (κ3) is 7.43. The predicted octanol–water partition coefficient (Wildman–Crippen LogP) is 1.81. The molecule has 0 fully saturated rings. The van der Waals surface area contributed by atoms with E-state index >= 15 is 0 Å². The molecule has 1 amide bonds. The Labute approximate surface area is 157 Å². The number of alkyl carbamates (subject to hydrolysis) is 1. The van der Waals surface area contributed by atoms with Crippen molar-refractivity contribution in [2.75, 3.05) is 6.61 Å². The minimum atomic E-state index is -1.51. The number of nitrogens with zero attached hydrogens (tertiary/aromatic N) is 1. The molecule has 0 radical (unpaired) electrons. The number of esters is 1. The number of ether oxygens (including phenoxy) is 2. The van der Waals surface area contributed by atoms with Crippen molar-refractivity contribution < 1.29 is 33.8 Å². The van der Waals surface area contributed by atoms with Crippen LogP contribution in [-0.4, -0.2) is 52.2 Å². The Hall–Kier alpha value is -2.97. The molecule has 148 valence electrons. The van der Waals surface area contributed by atoms with Crippen LogP contribution in [0.5, 0.6) is 0 Å². The topological polar surface area (TPSA) is 132 Å². The second kappa shape index (κ2) is 9.65. The van der Waals surface area contributed by atoms with Crippen LogP contribution in [0.15, 0.2) is 24.5 Å². The highest BCUT2D eigenvalue weighted by Crippen LogP contribution is 2.17. The summed E-state index contributed by atoms with van der Waals surface area (Å²) in [7, 11) is 0. The molecule has 0 aliphatic carbocycles. The van der Waals surface area contributed by atoms with Crippen molar-refractivity contribution in [2.24, 2.45) is 5.92 Å². The number of Topliss-reactive ketones (excluding diaryl/α,β-unsaturated/α-hetero) is 1. The first-order valence-corrected chi connectivity index (χ1v) is 8.38. The van der Waals surface area contributed by atoms with Gasteiger partial charge in [-0.05, 0) is 46.2 Å². The van der Waals surface area contributed by atoms with Gasteiger partial charge in [0.05, 0.1) is 6.61 Å². The molecule has 0 aliphatic heterocycles. The van der Waals surface area contributed by atoms with Crippen LogP contribution in [0.1, 0.15) is 44.5 Å². The first-order chi connectivity index (χ1) is 12.5. The number of carboxylic acid groups (broad SMARTS) is 1. The first kappa shape index (κ1) is 22.1. The van der Waals surface area contributed by atoms with Gasteiger partial charge in [-0.2, -0.15) is 0 Å². The van der Waals surface area contributed by atoms with Gasteiger partial charge in [-0.3, -0.25) is 14.6 Å². The summed E-state index contributed by atoms with van der Waals surface area (Å²) in [5.41, 5.74) is -0.648. The molecule has 0 aliphatic rings. The van der Waals surface area contributed by atoms with E-state index in [1.165, 1.54) is 24.5 Å². The third-order valence-corrected chi connectivity index (χ3v) is 3.31. The Morgan fingerprint density at radius 1 is 1.19 bits per heavy atom. The van der Waals surface area contributed by atoms with Gasteiger partial charge >= 0.3 is 18.0 Å². The molecule has 1 heterocycles. The summed E-state index contributed by atoms with van der Waals surface area (Å²) in [6.45, 7) is 6.46. The van der Waals surface area contributed by atoms with Gasteiger partial charge in [0.2, 0.25) is 0 Å². The van der Waals surface area contributed by atoms with Gasteiger partial charge in [0, 0.05) is 18.0 Å². The Kier molecular flexibility index (Phi) is 7.89. The Morgan fingerprint density at radius 2 is 1.78 bits per heavy atom. The summed E-state index contributed by atoms with van der Waals surface area (Å²) in [4.78, 5) is 52.1. The fraction of sp³-hybridized carbons (Fsp3) is 0.500. The normalized spacial score (nSPS) is 13.2. The van der Waals surface area contributed by atoms with Crippen LogP contribution in [0.4, 0.5) is 4.79 Å². The number of hydrogen-bond acceptors (Lipinski definition) is 7. The summed E-state index contributed by atoms with van der Waals surface area (Å²) < 4.78 is 9.93. The number of hydrogen-bond donors (Lipinski definition) is 2. The molecule has 0 saturated heterocycles. The van der Waals surface area contributed by atoms with Crippen molar-refractivity contribution in [1.29, 1.82) is 0 Å². The predicted molar refractivity (Wildman–Crippen MR) is 94.1 cm³/mol. The summed E-state index contributed by atoms with van der Waals surface area (Å²) in [5, 5.41) is 11.6. The molecule has 1 rings (SSSR count). The molecule has 27 heavy (non-hydrogen) atoms. The second-order valence-electron chi connectivity index (χ2n) is 6.68. The van der Waals surface area contributed by atoms with E-state index in [1.807, 2.05) is 0 Å². The average molecular weight is 380 g/mol. The van der Waals surface area contributed by atoms with E-state index in [-0.39, 0.29) is 12.2 Å². The smallest absolute Gasteiger partial charge is 0.408 e. The molecule has 1 unspecified atom stereocenters. The standard InChI is InChI=1S/C18H24N2O7/c1-5-26-16(24)12(14(21)11-6-8-19-9-7-11)10-13(15(22)23)20-17(25)27-18(2,3)4/h6-9,12-13H,5,10H2,1-4H3,(H,20,25)(H,22,23)/t12?,13-/m0/s1. The maximum Gasteiger partial charge on any atom is 0.408 e. The van der Waals surface area contributed by atoms with Crippen molar-refractivity contribution in [1.82, 2.24) is 10.3 Å². The average Bonchev–Trinajstić information content (AvgIpc) is 2.57. The summed E-state index contributed by atoms with van der Waals surface area (Å²) in [5.74, 6) is -4.29. The van der Waals surface area contributed by atoms with Gasteiger partial charge in [-0.15, -0.1) is 0 Å². The van der Waals surface area contributed by atoms with Crippen LogP contribution in [-0.2, 0) is 19.1 Å². The summed E-state index contributed by atoms with van der Waals surface area (Å²) >= 11 is 0. The largest absolute Gasteiger partial charge is 0.480 e. The fourth-order valence-corrected chi connectivity index (χ4v) is 2.18. The van der Waals surface area contributed by atoms with Crippen LogP contribution < -0.4 is 5.32 Å². The number of carboxylic acids is 1. The van der Waals surface area contributed by atoms with E-state index in [9.17, 15) is 24.3 Å². The van der Waals surface area contributed by atoms with Gasteiger partial charge in [-0.25, -0.2) is 9.59 Å². The number of rotatable bonds is 8. The van der Waals surface area contributed by atoms with Crippen molar-refractivity contribution in [3.8, 4) is 0 Å². The Morgan fingerprint density at radius 3 is 2.26 bits per heavy atom. The highest BCUT2D eigenvalue weighted by Gasteiger charge is 2.35. The van der Waals surface area contributed by atoms with Crippen molar-refractivity contribution in [3.05, 3.63) is 30.1 Å². The lowest BCUT2D eigenvalue weighted by molar-refractivity contribution is -0.147. The highest BCUT2D eigenvalue weighted by atomic mass is 16.6. The Balaban J connectivity index is 3.02. The van der Waals surface area contributed by atoms with Gasteiger partial charge in [0.1, 0.15) is 17.6 Å². The number of aromatic nitrogens is 1. The van der Waals surface area contributed by atoms with Gasteiger partial charge in [0.25, 0.3) is 0 Å². The molecule has 9 heteroatoms. The quantitative estimate of drug-likeness (QED) is 0.396. The fourth-order valence-electron chi connectivity index (χ4n) is 2.18. The molecule has 9 nitrogen and oxygen atoms in total. The number of carbonyl (C=O) groups excluding carboxylic acids is 3. The zero-order valence-electron chi connectivity index (χ0n) is 15.7. The summed E-state index contributed by atoms with van der Waals surface area (Å²) in [6.07, 6.45) is 1.31. The number of nitrogens with one attached hydrogen (secondary N) is 1. The van der Waals surface area contributed by atoms with E-state index in [0.29, 0.717) is 0 Å². The first-order valence-electron chi connectivity index (χ1n) is 8.38. The van der Waals surface area contributed by atoms with Gasteiger partial charge in [0.15, 0.2) is 5.78 Å². The van der Waals surface area contributed by atoms with Gasteiger partial charge in [-0.1, -0.05) is 0 Å². The van der Waals surface area contributed by atoms with Crippen LogP contribution in [0.3, 0.4) is 0 Å². The van der Waals surface area contributed by atoms with Crippen LogP contribution in [0.25, 0.3) is 0 Å².